The van der Waals surface area contributed by atoms with Gasteiger partial charge in [-0.2, -0.15) is 0 Å². The molecule has 1 unspecified atom stereocenters. The third kappa shape index (κ3) is 15.5. The van der Waals surface area contributed by atoms with Crippen molar-refractivity contribution in [3.8, 4) is 5.75 Å². The second-order valence-corrected chi connectivity index (χ2v) is 8.49. The van der Waals surface area contributed by atoms with Crippen LogP contribution in [0.15, 0.2) is 29.4 Å². The van der Waals surface area contributed by atoms with Crippen molar-refractivity contribution < 1.29 is 23.7 Å². The number of ether oxygens (including phenoxy) is 4. The highest BCUT2D eigenvalue weighted by Gasteiger charge is 2.10. The third-order valence-electron chi connectivity index (χ3n) is 4.61. The zero-order valence-corrected chi connectivity index (χ0v) is 21.0. The number of amides is 1. The molecule has 0 aromatic heterocycles. The van der Waals surface area contributed by atoms with Crippen LogP contribution < -0.4 is 15.4 Å². The minimum absolute atomic E-state index is 0.0202. The smallest absolute Gasteiger partial charge is 0.251 e. The van der Waals surface area contributed by atoms with E-state index >= 15 is 0 Å². The first-order valence-corrected chi connectivity index (χ1v) is 12.0. The Bertz CT molecular complexity index is 725. The highest BCUT2D eigenvalue weighted by Crippen LogP contribution is 2.14. The van der Waals surface area contributed by atoms with Gasteiger partial charge in [-0.25, -0.2) is 0 Å². The predicted molar refractivity (Wildman–Crippen MR) is 132 cm³/mol. The fourth-order valence-corrected chi connectivity index (χ4v) is 2.86. The van der Waals surface area contributed by atoms with Gasteiger partial charge in [-0.15, -0.1) is 0 Å². The summed E-state index contributed by atoms with van der Waals surface area (Å²) >= 11 is 0. The topological polar surface area (TPSA) is 127 Å². The zero-order valence-electron chi connectivity index (χ0n) is 21.0. The molecule has 2 N–H and O–H groups in total. The van der Waals surface area contributed by atoms with Crippen molar-refractivity contribution in [3.63, 3.8) is 0 Å². The van der Waals surface area contributed by atoms with Crippen LogP contribution in [0.5, 0.6) is 5.75 Å². The van der Waals surface area contributed by atoms with E-state index in [0.717, 1.165) is 19.4 Å². The summed E-state index contributed by atoms with van der Waals surface area (Å²) in [6, 6.07) is 7.19. The molecule has 0 saturated carbocycles. The lowest BCUT2D eigenvalue weighted by atomic mass is 10.1. The van der Waals surface area contributed by atoms with E-state index in [4.69, 9.17) is 24.5 Å². The number of hydrogen-bond acceptors (Lipinski definition) is 7. The Morgan fingerprint density at radius 2 is 1.79 bits per heavy atom. The van der Waals surface area contributed by atoms with Crippen LogP contribution in [-0.4, -0.2) is 70.9 Å². The second kappa shape index (κ2) is 19.0. The lowest BCUT2D eigenvalue weighted by molar-refractivity contribution is -0.0225. The lowest BCUT2D eigenvalue weighted by Gasteiger charge is -2.15. The highest BCUT2D eigenvalue weighted by molar-refractivity contribution is 5.94. The average molecular weight is 480 g/mol. The van der Waals surface area contributed by atoms with Crippen molar-refractivity contribution in [2.24, 2.45) is 11.0 Å². The SMILES string of the molecule is CC(C)CCCOCCOCCOC(COc1cccc(C(=O)NCCNC(C)C)c1)N=[N+]=[N-]. The number of carbonyl (C=O) groups excluding carboxylic acids is 1. The lowest BCUT2D eigenvalue weighted by Crippen LogP contribution is -2.34. The monoisotopic (exact) mass is 479 g/mol. The van der Waals surface area contributed by atoms with Gasteiger partial charge in [0.15, 0.2) is 6.23 Å². The Morgan fingerprint density at radius 1 is 1.06 bits per heavy atom. The largest absolute Gasteiger partial charge is 0.491 e. The fourth-order valence-electron chi connectivity index (χ4n) is 2.86. The molecule has 0 radical (unpaired) electrons. The molecule has 1 rings (SSSR count). The summed E-state index contributed by atoms with van der Waals surface area (Å²) in [4.78, 5) is 15.1. The van der Waals surface area contributed by atoms with Crippen molar-refractivity contribution in [1.82, 2.24) is 10.6 Å². The Kier molecular flexibility index (Phi) is 16.6. The number of azide groups is 1. The summed E-state index contributed by atoms with van der Waals surface area (Å²) in [5.41, 5.74) is 9.27. The molecule has 0 aliphatic rings. The van der Waals surface area contributed by atoms with E-state index in [0.29, 0.717) is 56.2 Å². The molecule has 0 heterocycles. The van der Waals surface area contributed by atoms with Crippen LogP contribution in [0.2, 0.25) is 0 Å². The molecule has 1 aromatic carbocycles. The van der Waals surface area contributed by atoms with Gasteiger partial charge in [0.2, 0.25) is 0 Å². The van der Waals surface area contributed by atoms with Crippen molar-refractivity contribution in [3.05, 3.63) is 40.3 Å². The van der Waals surface area contributed by atoms with Gasteiger partial charge in [0.05, 0.1) is 26.4 Å². The first-order valence-electron chi connectivity index (χ1n) is 12.0. The molecule has 0 saturated heterocycles. The Morgan fingerprint density at radius 3 is 2.50 bits per heavy atom. The number of benzene rings is 1. The predicted octanol–water partition coefficient (Wildman–Crippen LogP) is 3.92. The van der Waals surface area contributed by atoms with Gasteiger partial charge in [0, 0.05) is 36.2 Å². The first-order chi connectivity index (χ1) is 16.4. The van der Waals surface area contributed by atoms with Crippen LogP contribution in [-0.2, 0) is 14.2 Å². The molecule has 192 valence electrons. The fraction of sp³-hybridized carbons (Fsp3) is 0.708. The van der Waals surface area contributed by atoms with E-state index in [9.17, 15) is 4.79 Å². The van der Waals surface area contributed by atoms with E-state index in [-0.39, 0.29) is 19.1 Å². The molecule has 0 aliphatic carbocycles. The Labute approximate surface area is 203 Å². The molecule has 0 spiro atoms. The van der Waals surface area contributed by atoms with E-state index in [2.05, 4.69) is 48.4 Å². The van der Waals surface area contributed by atoms with E-state index < -0.39 is 6.23 Å². The first kappa shape index (κ1) is 29.7. The van der Waals surface area contributed by atoms with Crippen LogP contribution in [0, 0.1) is 5.92 Å². The second-order valence-electron chi connectivity index (χ2n) is 8.49. The molecule has 34 heavy (non-hydrogen) atoms. The third-order valence-corrected chi connectivity index (χ3v) is 4.61. The van der Waals surface area contributed by atoms with Crippen LogP contribution >= 0.6 is 0 Å². The summed E-state index contributed by atoms with van der Waals surface area (Å²) in [6.07, 6.45) is 1.41. The number of rotatable bonds is 20. The maximum absolute atomic E-state index is 12.3. The standard InChI is InChI=1S/C24H41N5O5/c1-19(2)7-6-12-31-13-14-32-15-16-33-23(28-29-25)18-34-22-9-5-8-21(17-22)24(30)27-11-10-26-20(3)4/h5,8-9,17,19-20,23,26H,6-7,10-16,18H2,1-4H3,(H,27,30). The molecule has 10 nitrogen and oxygen atoms in total. The molecule has 0 fully saturated rings. The maximum atomic E-state index is 12.3. The van der Waals surface area contributed by atoms with Crippen LogP contribution in [0.25, 0.3) is 10.4 Å². The van der Waals surface area contributed by atoms with Gasteiger partial charge in [0.1, 0.15) is 12.4 Å². The summed E-state index contributed by atoms with van der Waals surface area (Å²) in [5, 5.41) is 9.71. The van der Waals surface area contributed by atoms with Gasteiger partial charge in [-0.3, -0.25) is 4.79 Å². The molecular weight excluding hydrogens is 438 g/mol. The van der Waals surface area contributed by atoms with Crippen molar-refractivity contribution >= 4 is 5.91 Å². The Hall–Kier alpha value is -2.36. The minimum atomic E-state index is -0.805. The van der Waals surface area contributed by atoms with E-state index in [1.54, 1.807) is 24.3 Å². The van der Waals surface area contributed by atoms with Crippen molar-refractivity contribution in [1.29, 1.82) is 0 Å². The summed E-state index contributed by atoms with van der Waals surface area (Å²) in [7, 11) is 0. The van der Waals surface area contributed by atoms with Gasteiger partial charge in [-0.05, 0) is 42.5 Å². The molecule has 0 aliphatic heterocycles. The molecule has 1 aromatic rings. The summed E-state index contributed by atoms with van der Waals surface area (Å²) in [6.45, 7) is 12.1. The van der Waals surface area contributed by atoms with Gasteiger partial charge < -0.3 is 29.6 Å². The van der Waals surface area contributed by atoms with Gasteiger partial charge in [-0.1, -0.05) is 38.9 Å². The molecule has 0 bridgehead atoms. The summed E-state index contributed by atoms with van der Waals surface area (Å²) < 4.78 is 22.2. The van der Waals surface area contributed by atoms with E-state index in [1.807, 2.05) is 0 Å². The van der Waals surface area contributed by atoms with Gasteiger partial charge >= 0.3 is 0 Å². The Balaban J connectivity index is 2.27. The van der Waals surface area contributed by atoms with Gasteiger partial charge in [0.25, 0.3) is 5.91 Å². The average Bonchev–Trinajstić information content (AvgIpc) is 2.81. The van der Waals surface area contributed by atoms with Crippen molar-refractivity contribution in [2.45, 2.75) is 52.8 Å². The number of hydrogen-bond donors (Lipinski definition) is 2. The molecule has 10 heteroatoms. The molecular formula is C24H41N5O5. The van der Waals surface area contributed by atoms with Crippen LogP contribution in [0.3, 0.4) is 0 Å². The van der Waals surface area contributed by atoms with Crippen LogP contribution in [0.1, 0.15) is 50.9 Å². The molecule has 1 atom stereocenters. The normalized spacial score (nSPS) is 11.9. The number of nitrogens with zero attached hydrogens (tertiary/aromatic N) is 3. The van der Waals surface area contributed by atoms with Crippen LogP contribution in [0.4, 0.5) is 0 Å². The zero-order chi connectivity index (χ0) is 25.0. The van der Waals surface area contributed by atoms with Crippen molar-refractivity contribution in [2.75, 3.05) is 52.7 Å². The number of nitrogens with one attached hydrogen (secondary N) is 2. The quantitative estimate of drug-likeness (QED) is 0.126. The number of carbonyl (C=O) groups is 1. The maximum Gasteiger partial charge on any atom is 0.251 e. The molecule has 1 amide bonds. The minimum Gasteiger partial charge on any atom is -0.491 e. The summed E-state index contributed by atoms with van der Waals surface area (Å²) in [5.74, 6) is 0.996. The highest BCUT2D eigenvalue weighted by atomic mass is 16.6. The van der Waals surface area contributed by atoms with E-state index in [1.165, 1.54) is 0 Å².